The first-order valence-corrected chi connectivity index (χ1v) is 38.1. The van der Waals surface area contributed by atoms with Crippen LogP contribution in [0, 0.1) is 0 Å². The Bertz CT molecular complexity index is 6690. The summed E-state index contributed by atoms with van der Waals surface area (Å²) in [7, 11) is 0. The molecule has 0 bridgehead atoms. The van der Waals surface area contributed by atoms with Gasteiger partial charge in [0.15, 0.2) is 5.82 Å². The van der Waals surface area contributed by atoms with E-state index in [0.717, 1.165) is 67.2 Å². The van der Waals surface area contributed by atoms with Gasteiger partial charge in [-0.1, -0.05) is 315 Å². The minimum Gasteiger partial charge on any atom is -0.293 e. The maximum atomic E-state index is 5.38. The SMILES string of the molecule is c1ccc(-c2ccc3sc4c(c3c2)c2ccccc2c2c4c3cc(-c4ccccc4)ccc3n2-c2cc(-c3ccccc3)nc(-c3ccccc3)n2)cc1.c1ccc(-c2ccc3sc4c(c3c2)c2ccccc2c2c4c3cc(-c4ccccc4)ccc3n2-c2nc(-c3ccccc3)cc(-c3ccccc3)n2)cc1. The van der Waals surface area contributed by atoms with E-state index in [1.807, 2.05) is 59.1 Å². The summed E-state index contributed by atoms with van der Waals surface area (Å²) in [6, 6.07) is 134. The quantitative estimate of drug-likeness (QED) is 0.137. The zero-order chi connectivity index (χ0) is 71.2. The van der Waals surface area contributed by atoms with E-state index in [1.54, 1.807) is 0 Å². The predicted molar refractivity (Wildman–Crippen MR) is 457 cm³/mol. The van der Waals surface area contributed by atoms with E-state index in [9.17, 15) is 0 Å². The van der Waals surface area contributed by atoms with Crippen LogP contribution in [0.2, 0.25) is 0 Å². The van der Waals surface area contributed by atoms with E-state index < -0.39 is 0 Å². The molecular formula is C100H62N6S2. The zero-order valence-corrected chi connectivity index (χ0v) is 59.9. The van der Waals surface area contributed by atoms with E-state index in [-0.39, 0.29) is 0 Å². The molecule has 0 saturated heterocycles. The van der Waals surface area contributed by atoms with E-state index >= 15 is 0 Å². The minimum absolute atomic E-state index is 0.652. The summed E-state index contributed by atoms with van der Waals surface area (Å²) in [6.45, 7) is 0. The summed E-state index contributed by atoms with van der Waals surface area (Å²) in [5.41, 5.74) is 20.9. The largest absolute Gasteiger partial charge is 0.293 e. The topological polar surface area (TPSA) is 61.4 Å². The highest BCUT2D eigenvalue weighted by Gasteiger charge is 2.27. The van der Waals surface area contributed by atoms with E-state index in [4.69, 9.17) is 19.9 Å². The van der Waals surface area contributed by atoms with E-state index in [0.29, 0.717) is 11.8 Å². The highest BCUT2D eigenvalue weighted by Crippen LogP contribution is 2.52. The second-order valence-corrected chi connectivity index (χ2v) is 29.6. The molecule has 0 aliphatic carbocycles. The van der Waals surface area contributed by atoms with Crippen molar-refractivity contribution in [1.82, 2.24) is 29.1 Å². The van der Waals surface area contributed by atoms with Gasteiger partial charge in [-0.3, -0.25) is 9.13 Å². The maximum Gasteiger partial charge on any atom is 0.235 e. The van der Waals surface area contributed by atoms with Crippen molar-refractivity contribution in [3.8, 4) is 101 Å². The Kier molecular flexibility index (Phi) is 15.2. The average Bonchev–Trinajstić information content (AvgIpc) is 1.54. The van der Waals surface area contributed by atoms with Crippen molar-refractivity contribution < 1.29 is 0 Å². The van der Waals surface area contributed by atoms with Crippen LogP contribution in [0.15, 0.2) is 376 Å². The van der Waals surface area contributed by atoms with E-state index in [2.05, 4.69) is 349 Å². The van der Waals surface area contributed by atoms with Gasteiger partial charge >= 0.3 is 0 Å². The van der Waals surface area contributed by atoms with Gasteiger partial charge in [-0.15, -0.1) is 22.7 Å². The van der Waals surface area contributed by atoms with Crippen LogP contribution in [0.25, 0.3) is 207 Å². The van der Waals surface area contributed by atoms with Crippen LogP contribution in [0.4, 0.5) is 0 Å². The lowest BCUT2D eigenvalue weighted by Gasteiger charge is -2.13. The van der Waals surface area contributed by atoms with Gasteiger partial charge in [0.05, 0.1) is 39.1 Å². The van der Waals surface area contributed by atoms with Crippen LogP contribution in [-0.2, 0) is 0 Å². The standard InChI is InChI=1S/2C50H31N3S/c1-5-15-32(16-6-1)36-25-27-44-40(29-36)47-48(53(44)50-51-42(34-19-9-3-10-20-34)31-43(52-50)35-21-11-4-12-22-35)39-24-14-13-23-38(39)46-41-30-37(33-17-7-2-8-18-33)26-28-45(41)54-49(46)47;1-5-15-32(16-6-1)36-25-27-43-40(29-36)47-48(53(43)45-31-42(34-19-9-3-10-20-34)51-50(52-45)35-21-11-4-12-22-35)39-24-14-13-23-38(39)46-41-30-37(33-17-7-2-8-18-33)26-28-44(41)54-49(46)47/h2*1-31H. The van der Waals surface area contributed by atoms with Gasteiger partial charge < -0.3 is 0 Å². The molecule has 16 aromatic carbocycles. The summed E-state index contributed by atoms with van der Waals surface area (Å²) in [4.78, 5) is 21.3. The predicted octanol–water partition coefficient (Wildman–Crippen LogP) is 27.5. The fourth-order valence-electron chi connectivity index (χ4n) is 16.2. The van der Waals surface area contributed by atoms with Crippen molar-refractivity contribution >= 4 is 128 Å². The number of nitrogens with zero attached hydrogens (tertiary/aromatic N) is 6. The Morgan fingerprint density at radius 1 is 0.204 bits per heavy atom. The van der Waals surface area contributed by atoms with Crippen molar-refractivity contribution in [3.05, 3.63) is 376 Å². The summed E-state index contributed by atoms with van der Waals surface area (Å²) in [5, 5.41) is 14.9. The van der Waals surface area contributed by atoms with Gasteiger partial charge in [0, 0.05) is 101 Å². The smallest absolute Gasteiger partial charge is 0.235 e. The third-order valence-corrected chi connectivity index (χ3v) is 23.6. The van der Waals surface area contributed by atoms with Crippen LogP contribution in [0.5, 0.6) is 0 Å². The number of rotatable bonds is 10. The summed E-state index contributed by atoms with van der Waals surface area (Å²) in [5.74, 6) is 2.19. The molecule has 108 heavy (non-hydrogen) atoms. The fourth-order valence-corrected chi connectivity index (χ4v) is 18.7. The molecule has 6 heterocycles. The number of aromatic nitrogens is 6. The van der Waals surface area contributed by atoms with Gasteiger partial charge in [0.2, 0.25) is 5.95 Å². The third kappa shape index (κ3) is 10.7. The monoisotopic (exact) mass is 1410 g/mol. The lowest BCUT2D eigenvalue weighted by atomic mass is 9.97. The summed E-state index contributed by atoms with van der Waals surface area (Å²) < 4.78 is 9.83. The van der Waals surface area contributed by atoms with Crippen molar-refractivity contribution in [1.29, 1.82) is 0 Å². The molecule has 8 heteroatoms. The molecule has 6 aromatic heterocycles. The second kappa shape index (κ2) is 26.1. The molecule has 0 spiro atoms. The number of thiophene rings is 2. The maximum absolute atomic E-state index is 5.38. The molecule has 0 N–H and O–H groups in total. The van der Waals surface area contributed by atoms with Crippen LogP contribution < -0.4 is 0 Å². The van der Waals surface area contributed by atoms with Crippen LogP contribution in [0.3, 0.4) is 0 Å². The molecule has 0 aliphatic heterocycles. The molecule has 22 rings (SSSR count). The van der Waals surface area contributed by atoms with Crippen LogP contribution >= 0.6 is 22.7 Å². The van der Waals surface area contributed by atoms with Crippen LogP contribution in [-0.4, -0.2) is 29.1 Å². The number of benzene rings is 16. The molecule has 0 fully saturated rings. The van der Waals surface area contributed by atoms with Crippen molar-refractivity contribution in [2.75, 3.05) is 0 Å². The van der Waals surface area contributed by atoms with E-state index in [1.165, 1.54) is 128 Å². The number of fused-ring (bicyclic) bond motifs is 20. The molecule has 0 atom stereocenters. The minimum atomic E-state index is 0.652. The molecule has 0 radical (unpaired) electrons. The second-order valence-electron chi connectivity index (χ2n) is 27.5. The van der Waals surface area contributed by atoms with Crippen molar-refractivity contribution in [3.63, 3.8) is 0 Å². The summed E-state index contributed by atoms with van der Waals surface area (Å²) in [6.07, 6.45) is 0. The Morgan fingerprint density at radius 2 is 0.519 bits per heavy atom. The van der Waals surface area contributed by atoms with Gasteiger partial charge in [0.25, 0.3) is 0 Å². The first-order valence-electron chi connectivity index (χ1n) is 36.5. The number of hydrogen-bond acceptors (Lipinski definition) is 6. The average molecular weight is 1410 g/mol. The Hall–Kier alpha value is -13.8. The molecule has 6 nitrogen and oxygen atoms in total. The highest BCUT2D eigenvalue weighted by atomic mass is 32.1. The van der Waals surface area contributed by atoms with Gasteiger partial charge in [-0.2, -0.15) is 0 Å². The van der Waals surface area contributed by atoms with Gasteiger partial charge in [0.1, 0.15) is 5.82 Å². The number of hydrogen-bond donors (Lipinski definition) is 0. The van der Waals surface area contributed by atoms with Crippen LogP contribution in [0.1, 0.15) is 0 Å². The first kappa shape index (κ1) is 62.8. The Labute approximate surface area is 630 Å². The Morgan fingerprint density at radius 3 is 0.917 bits per heavy atom. The fraction of sp³-hybridized carbons (Fsp3) is 0. The molecular weight excluding hydrogens is 1350 g/mol. The molecule has 0 amide bonds. The summed E-state index contributed by atoms with van der Waals surface area (Å²) >= 11 is 3.77. The molecule has 504 valence electrons. The lowest BCUT2D eigenvalue weighted by Crippen LogP contribution is -2.04. The highest BCUT2D eigenvalue weighted by molar-refractivity contribution is 7.27. The molecule has 0 unspecified atom stereocenters. The van der Waals surface area contributed by atoms with Crippen molar-refractivity contribution in [2.45, 2.75) is 0 Å². The molecule has 0 saturated carbocycles. The normalized spacial score (nSPS) is 11.7. The molecule has 0 aliphatic rings. The van der Waals surface area contributed by atoms with Gasteiger partial charge in [-0.05, 0) is 110 Å². The first-order chi connectivity index (χ1) is 53.6. The van der Waals surface area contributed by atoms with Gasteiger partial charge in [-0.25, -0.2) is 19.9 Å². The Balaban J connectivity index is 0.000000138. The van der Waals surface area contributed by atoms with Crippen molar-refractivity contribution in [2.24, 2.45) is 0 Å². The lowest BCUT2D eigenvalue weighted by molar-refractivity contribution is 0.998. The third-order valence-electron chi connectivity index (χ3n) is 21.2. The molecule has 22 aromatic rings. The zero-order valence-electron chi connectivity index (χ0n) is 58.3.